The van der Waals surface area contributed by atoms with E-state index in [2.05, 4.69) is 15.3 Å². The number of pyridine rings is 1. The molecule has 0 spiro atoms. The van der Waals surface area contributed by atoms with Crippen LogP contribution in [0.25, 0.3) is 11.0 Å². The van der Waals surface area contributed by atoms with Crippen LogP contribution in [-0.4, -0.2) is 20.4 Å². The largest absolute Gasteiger partial charge is 0.348 e. The topological polar surface area (TPSA) is 96.8 Å². The van der Waals surface area contributed by atoms with Crippen LogP contribution in [0.3, 0.4) is 0 Å². The first-order chi connectivity index (χ1) is 15.8. The molecule has 0 aliphatic heterocycles. The Morgan fingerprint density at radius 2 is 1.85 bits per heavy atom. The molecular weight excluding hydrogens is 430 g/mol. The Bertz CT molecular complexity index is 1430. The van der Waals surface area contributed by atoms with Crippen molar-refractivity contribution in [3.63, 3.8) is 0 Å². The summed E-state index contributed by atoms with van der Waals surface area (Å²) in [5.74, 6) is -2.22. The third kappa shape index (κ3) is 4.57. The number of aromatic amines is 1. The number of benzene rings is 2. The van der Waals surface area contributed by atoms with E-state index in [4.69, 9.17) is 0 Å². The van der Waals surface area contributed by atoms with Gasteiger partial charge in [0.1, 0.15) is 17.7 Å². The maximum Gasteiger partial charge on any atom is 0.329 e. The highest BCUT2D eigenvalue weighted by molar-refractivity contribution is 5.81. The number of rotatable bonds is 6. The van der Waals surface area contributed by atoms with E-state index in [1.54, 1.807) is 42.5 Å². The maximum absolute atomic E-state index is 14.2. The number of carbonyl (C=O) groups excluding carboxylic acids is 1. The van der Waals surface area contributed by atoms with Crippen molar-refractivity contribution >= 4 is 16.9 Å². The van der Waals surface area contributed by atoms with E-state index in [1.165, 1.54) is 19.2 Å². The van der Waals surface area contributed by atoms with Gasteiger partial charge in [0.05, 0.1) is 11.6 Å². The average Bonchev–Trinajstić information content (AvgIpc) is 2.79. The standard InChI is InChI=1S/C24H20F2N4O3/c1-14(17-10-9-16(25)13-18(17)26)28-22(31)20(12-15-6-3-2-4-7-15)30-23(32)21-19(29-24(30)33)8-5-11-27-21/h2-11,13-14,20H,12H2,1H3,(H,28,31)(H,29,33)/t14-,20-/m1/s1. The van der Waals surface area contributed by atoms with Crippen molar-refractivity contribution in [1.82, 2.24) is 19.9 Å². The van der Waals surface area contributed by atoms with Crippen LogP contribution in [-0.2, 0) is 11.2 Å². The molecule has 0 bridgehead atoms. The van der Waals surface area contributed by atoms with Gasteiger partial charge in [-0.1, -0.05) is 36.4 Å². The first-order valence-electron chi connectivity index (χ1n) is 10.2. The van der Waals surface area contributed by atoms with Gasteiger partial charge in [-0.05, 0) is 30.7 Å². The average molecular weight is 450 g/mol. The summed E-state index contributed by atoms with van der Waals surface area (Å²) >= 11 is 0. The highest BCUT2D eigenvalue weighted by atomic mass is 19.1. The van der Waals surface area contributed by atoms with E-state index >= 15 is 0 Å². The van der Waals surface area contributed by atoms with Gasteiger partial charge in [-0.25, -0.2) is 23.1 Å². The number of aromatic nitrogens is 3. The van der Waals surface area contributed by atoms with Gasteiger partial charge in [0.15, 0.2) is 5.52 Å². The second-order valence-corrected chi connectivity index (χ2v) is 7.61. The molecule has 7 nitrogen and oxygen atoms in total. The molecule has 0 unspecified atom stereocenters. The molecule has 168 valence electrons. The van der Waals surface area contributed by atoms with Crippen molar-refractivity contribution in [1.29, 1.82) is 0 Å². The summed E-state index contributed by atoms with van der Waals surface area (Å²) in [5, 5.41) is 2.64. The van der Waals surface area contributed by atoms with Gasteiger partial charge in [-0.15, -0.1) is 0 Å². The predicted octanol–water partition coefficient (Wildman–Crippen LogP) is 3.02. The monoisotopic (exact) mass is 450 g/mol. The lowest BCUT2D eigenvalue weighted by Crippen LogP contribution is -2.46. The van der Waals surface area contributed by atoms with E-state index < -0.39 is 40.9 Å². The fourth-order valence-electron chi connectivity index (χ4n) is 3.72. The van der Waals surface area contributed by atoms with Gasteiger partial charge in [-0.2, -0.15) is 0 Å². The van der Waals surface area contributed by atoms with Crippen molar-refractivity contribution in [2.45, 2.75) is 25.4 Å². The lowest BCUT2D eigenvalue weighted by atomic mass is 10.0. The summed E-state index contributed by atoms with van der Waals surface area (Å²) in [6, 6.07) is 13.0. The minimum absolute atomic E-state index is 0.0144. The molecule has 0 saturated carbocycles. The van der Waals surface area contributed by atoms with Gasteiger partial charge in [0.25, 0.3) is 5.56 Å². The quantitative estimate of drug-likeness (QED) is 0.472. The molecule has 1 amide bonds. The molecule has 33 heavy (non-hydrogen) atoms. The first-order valence-corrected chi connectivity index (χ1v) is 10.2. The lowest BCUT2D eigenvalue weighted by molar-refractivity contribution is -0.125. The molecule has 2 heterocycles. The van der Waals surface area contributed by atoms with Gasteiger partial charge < -0.3 is 10.3 Å². The zero-order valence-electron chi connectivity index (χ0n) is 17.6. The number of hydrogen-bond donors (Lipinski definition) is 2. The van der Waals surface area contributed by atoms with E-state index in [9.17, 15) is 23.2 Å². The Kier molecular flexibility index (Phi) is 6.12. The Morgan fingerprint density at radius 1 is 1.09 bits per heavy atom. The van der Waals surface area contributed by atoms with Crippen LogP contribution in [0, 0.1) is 11.6 Å². The van der Waals surface area contributed by atoms with Crippen LogP contribution in [0.4, 0.5) is 8.78 Å². The highest BCUT2D eigenvalue weighted by Gasteiger charge is 2.27. The molecule has 0 fully saturated rings. The molecule has 0 saturated heterocycles. The number of amides is 1. The number of nitrogens with zero attached hydrogens (tertiary/aromatic N) is 2. The molecule has 4 aromatic rings. The fourth-order valence-corrected chi connectivity index (χ4v) is 3.72. The Balaban J connectivity index is 1.76. The second-order valence-electron chi connectivity index (χ2n) is 7.61. The predicted molar refractivity (Wildman–Crippen MR) is 119 cm³/mol. The second kappa shape index (κ2) is 9.15. The maximum atomic E-state index is 14.2. The normalized spacial score (nSPS) is 12.9. The lowest BCUT2D eigenvalue weighted by Gasteiger charge is -2.22. The minimum atomic E-state index is -1.24. The zero-order valence-corrected chi connectivity index (χ0v) is 17.6. The van der Waals surface area contributed by atoms with E-state index in [0.29, 0.717) is 5.56 Å². The Labute approximate surface area is 186 Å². The van der Waals surface area contributed by atoms with Gasteiger partial charge in [0.2, 0.25) is 5.91 Å². The molecule has 9 heteroatoms. The number of hydrogen-bond acceptors (Lipinski definition) is 4. The molecular formula is C24H20F2N4O3. The summed E-state index contributed by atoms with van der Waals surface area (Å²) in [4.78, 5) is 45.9. The van der Waals surface area contributed by atoms with Crippen molar-refractivity contribution in [2.75, 3.05) is 0 Å². The van der Waals surface area contributed by atoms with Crippen molar-refractivity contribution in [2.24, 2.45) is 0 Å². The van der Waals surface area contributed by atoms with Crippen LogP contribution in [0.1, 0.15) is 30.1 Å². The molecule has 0 radical (unpaired) electrons. The van der Waals surface area contributed by atoms with E-state index in [1.807, 2.05) is 0 Å². The van der Waals surface area contributed by atoms with Crippen molar-refractivity contribution in [3.05, 3.63) is 110 Å². The van der Waals surface area contributed by atoms with Crippen molar-refractivity contribution in [3.8, 4) is 0 Å². The fraction of sp³-hybridized carbons (Fsp3) is 0.167. The number of nitrogens with one attached hydrogen (secondary N) is 2. The molecule has 2 atom stereocenters. The Morgan fingerprint density at radius 3 is 2.58 bits per heavy atom. The van der Waals surface area contributed by atoms with Crippen LogP contribution in [0.15, 0.2) is 76.4 Å². The van der Waals surface area contributed by atoms with Crippen molar-refractivity contribution < 1.29 is 13.6 Å². The van der Waals surface area contributed by atoms with Gasteiger partial charge >= 0.3 is 5.69 Å². The van der Waals surface area contributed by atoms with Crippen LogP contribution in [0.2, 0.25) is 0 Å². The van der Waals surface area contributed by atoms with Gasteiger partial charge in [-0.3, -0.25) is 9.59 Å². The zero-order chi connectivity index (χ0) is 23.5. The van der Waals surface area contributed by atoms with E-state index in [0.717, 1.165) is 16.7 Å². The summed E-state index contributed by atoms with van der Waals surface area (Å²) in [6.45, 7) is 1.53. The SMILES string of the molecule is C[C@@H](NC(=O)[C@@H](Cc1ccccc1)n1c(=O)[nH]c2cccnc2c1=O)c1ccc(F)cc1F. The number of carbonyl (C=O) groups is 1. The molecule has 0 aliphatic rings. The molecule has 0 aliphatic carbocycles. The molecule has 2 N–H and O–H groups in total. The number of H-pyrrole nitrogens is 1. The van der Waals surface area contributed by atoms with E-state index in [-0.39, 0.29) is 23.0 Å². The Hall–Kier alpha value is -4.14. The summed E-state index contributed by atoms with van der Waals surface area (Å²) in [5.41, 5.74) is -0.427. The first kappa shape index (κ1) is 22.1. The summed E-state index contributed by atoms with van der Waals surface area (Å²) in [7, 11) is 0. The third-order valence-corrected chi connectivity index (χ3v) is 5.36. The number of fused-ring (bicyclic) bond motifs is 1. The van der Waals surface area contributed by atoms with Crippen LogP contribution < -0.4 is 16.6 Å². The molecule has 4 rings (SSSR count). The summed E-state index contributed by atoms with van der Waals surface area (Å²) < 4.78 is 28.3. The van der Waals surface area contributed by atoms with Crippen LogP contribution >= 0.6 is 0 Å². The third-order valence-electron chi connectivity index (χ3n) is 5.36. The van der Waals surface area contributed by atoms with Crippen LogP contribution in [0.5, 0.6) is 0 Å². The molecule has 2 aromatic heterocycles. The molecule has 2 aromatic carbocycles. The highest BCUT2D eigenvalue weighted by Crippen LogP contribution is 2.20. The van der Waals surface area contributed by atoms with Gasteiger partial charge in [0, 0.05) is 24.2 Å². The minimum Gasteiger partial charge on any atom is -0.348 e. The number of halogens is 2. The smallest absolute Gasteiger partial charge is 0.329 e. The summed E-state index contributed by atoms with van der Waals surface area (Å²) in [6.07, 6.45) is 1.45.